The van der Waals surface area contributed by atoms with Crippen molar-refractivity contribution in [2.75, 3.05) is 0 Å². The number of hydrogen-bond donors (Lipinski definition) is 1. The van der Waals surface area contributed by atoms with Gasteiger partial charge in [0, 0.05) is 10.0 Å². The Labute approximate surface area is 185 Å². The van der Waals surface area contributed by atoms with Crippen molar-refractivity contribution in [2.24, 2.45) is 5.10 Å². The number of hydrazone groups is 1. The minimum atomic E-state index is -0.718. The van der Waals surface area contributed by atoms with E-state index in [2.05, 4.69) is 10.5 Å². The van der Waals surface area contributed by atoms with Crippen molar-refractivity contribution in [2.45, 2.75) is 19.6 Å². The van der Waals surface area contributed by atoms with Crippen molar-refractivity contribution in [3.05, 3.63) is 94.0 Å². The molecule has 0 aromatic heterocycles. The van der Waals surface area contributed by atoms with Gasteiger partial charge in [-0.05, 0) is 72.6 Å². The summed E-state index contributed by atoms with van der Waals surface area (Å²) in [5.41, 5.74) is 4.31. The molecule has 5 nitrogen and oxygen atoms in total. The Kier molecular flexibility index (Phi) is 7.71. The number of carbonyl (C=O) groups is 1. The SMILES string of the molecule is CC(Oc1cccc(Cl)c1)C(=O)NN=Cc1ccc(OCc2ccc(Cl)cc2)cc1. The third kappa shape index (κ3) is 6.79. The van der Waals surface area contributed by atoms with Gasteiger partial charge in [0.25, 0.3) is 5.91 Å². The average Bonchev–Trinajstić information content (AvgIpc) is 2.74. The molecule has 154 valence electrons. The van der Waals surface area contributed by atoms with Gasteiger partial charge in [-0.25, -0.2) is 5.43 Å². The van der Waals surface area contributed by atoms with E-state index in [1.54, 1.807) is 37.4 Å². The van der Waals surface area contributed by atoms with Gasteiger partial charge in [0.15, 0.2) is 6.10 Å². The smallest absolute Gasteiger partial charge is 0.280 e. The Bertz CT molecular complexity index is 1010. The highest BCUT2D eigenvalue weighted by Crippen LogP contribution is 2.18. The topological polar surface area (TPSA) is 59.9 Å². The van der Waals surface area contributed by atoms with Crippen LogP contribution in [0.5, 0.6) is 11.5 Å². The zero-order valence-corrected chi connectivity index (χ0v) is 17.7. The third-order valence-corrected chi connectivity index (χ3v) is 4.55. The first-order valence-corrected chi connectivity index (χ1v) is 9.97. The van der Waals surface area contributed by atoms with Gasteiger partial charge in [0.1, 0.15) is 18.1 Å². The Morgan fingerprint density at radius 3 is 2.43 bits per heavy atom. The molecule has 7 heteroatoms. The van der Waals surface area contributed by atoms with Crippen LogP contribution in [0.3, 0.4) is 0 Å². The first-order chi connectivity index (χ1) is 14.5. The number of benzene rings is 3. The molecule has 1 amide bonds. The van der Waals surface area contributed by atoms with Crippen LogP contribution in [0.25, 0.3) is 0 Å². The van der Waals surface area contributed by atoms with E-state index < -0.39 is 6.10 Å². The maximum absolute atomic E-state index is 12.1. The van der Waals surface area contributed by atoms with E-state index in [4.69, 9.17) is 32.7 Å². The molecule has 0 radical (unpaired) electrons. The first kappa shape index (κ1) is 21.7. The van der Waals surface area contributed by atoms with Gasteiger partial charge in [0.2, 0.25) is 0 Å². The Balaban J connectivity index is 1.46. The van der Waals surface area contributed by atoms with Crippen LogP contribution in [0.2, 0.25) is 10.0 Å². The molecule has 1 N–H and O–H groups in total. The molecular formula is C23H20Cl2N2O3. The Morgan fingerprint density at radius 2 is 1.73 bits per heavy atom. The number of nitrogens with one attached hydrogen (secondary N) is 1. The molecule has 0 bridgehead atoms. The van der Waals surface area contributed by atoms with Crippen LogP contribution < -0.4 is 14.9 Å². The van der Waals surface area contributed by atoms with Crippen LogP contribution in [-0.4, -0.2) is 18.2 Å². The highest BCUT2D eigenvalue weighted by atomic mass is 35.5. The predicted molar refractivity (Wildman–Crippen MR) is 120 cm³/mol. The lowest BCUT2D eigenvalue weighted by molar-refractivity contribution is -0.127. The van der Waals surface area contributed by atoms with Crippen LogP contribution in [0.4, 0.5) is 0 Å². The number of amides is 1. The van der Waals surface area contributed by atoms with Crippen molar-refractivity contribution < 1.29 is 14.3 Å². The normalized spacial score (nSPS) is 11.8. The molecular weight excluding hydrogens is 423 g/mol. The second kappa shape index (κ2) is 10.7. The molecule has 0 aliphatic rings. The Morgan fingerprint density at radius 1 is 1.00 bits per heavy atom. The standard InChI is InChI=1S/C23H20Cl2N2O3/c1-16(30-22-4-2-3-20(25)13-22)23(28)27-26-14-17-7-11-21(12-8-17)29-15-18-5-9-19(24)10-6-18/h2-14,16H,15H2,1H3,(H,27,28). The van der Waals surface area contributed by atoms with Gasteiger partial charge in [-0.1, -0.05) is 41.4 Å². The van der Waals surface area contributed by atoms with E-state index >= 15 is 0 Å². The largest absolute Gasteiger partial charge is 0.489 e. The van der Waals surface area contributed by atoms with Gasteiger partial charge in [-0.2, -0.15) is 5.10 Å². The maximum atomic E-state index is 12.1. The number of nitrogens with zero attached hydrogens (tertiary/aromatic N) is 1. The lowest BCUT2D eigenvalue weighted by atomic mass is 10.2. The number of rotatable bonds is 8. The molecule has 0 spiro atoms. The van der Waals surface area contributed by atoms with E-state index in [0.29, 0.717) is 22.4 Å². The molecule has 1 atom stereocenters. The summed E-state index contributed by atoms with van der Waals surface area (Å²) in [5.74, 6) is 0.882. The number of halogens is 2. The fraction of sp³-hybridized carbons (Fsp3) is 0.130. The van der Waals surface area contributed by atoms with Crippen molar-refractivity contribution in [1.29, 1.82) is 0 Å². The lowest BCUT2D eigenvalue weighted by Gasteiger charge is -2.12. The molecule has 3 aromatic rings. The van der Waals surface area contributed by atoms with Crippen LogP contribution in [0.15, 0.2) is 77.9 Å². The lowest BCUT2D eigenvalue weighted by Crippen LogP contribution is -2.33. The van der Waals surface area contributed by atoms with Crippen LogP contribution in [0.1, 0.15) is 18.1 Å². The second-order valence-electron chi connectivity index (χ2n) is 6.44. The van der Waals surface area contributed by atoms with Gasteiger partial charge in [-0.3, -0.25) is 4.79 Å². The minimum absolute atomic E-state index is 0.367. The molecule has 0 aliphatic carbocycles. The van der Waals surface area contributed by atoms with E-state index in [1.807, 2.05) is 48.5 Å². The van der Waals surface area contributed by atoms with E-state index in [0.717, 1.165) is 16.9 Å². The molecule has 3 aromatic carbocycles. The highest BCUT2D eigenvalue weighted by Gasteiger charge is 2.13. The van der Waals surface area contributed by atoms with Gasteiger partial charge >= 0.3 is 0 Å². The van der Waals surface area contributed by atoms with Gasteiger partial charge < -0.3 is 9.47 Å². The van der Waals surface area contributed by atoms with Crippen molar-refractivity contribution >= 4 is 35.3 Å². The second-order valence-corrected chi connectivity index (χ2v) is 7.31. The Hall–Kier alpha value is -3.02. The first-order valence-electron chi connectivity index (χ1n) is 9.22. The molecule has 0 fully saturated rings. The van der Waals surface area contributed by atoms with Crippen molar-refractivity contribution in [1.82, 2.24) is 5.43 Å². The average molecular weight is 443 g/mol. The maximum Gasteiger partial charge on any atom is 0.280 e. The number of hydrogen-bond acceptors (Lipinski definition) is 4. The molecule has 0 saturated heterocycles. The number of carbonyl (C=O) groups excluding carboxylic acids is 1. The van der Waals surface area contributed by atoms with E-state index in [1.165, 1.54) is 0 Å². The molecule has 0 aliphatic heterocycles. The fourth-order valence-corrected chi connectivity index (χ4v) is 2.76. The summed E-state index contributed by atoms with van der Waals surface area (Å²) in [6.07, 6.45) is 0.830. The molecule has 3 rings (SSSR count). The van der Waals surface area contributed by atoms with Crippen molar-refractivity contribution in [3.8, 4) is 11.5 Å². The summed E-state index contributed by atoms with van der Waals surface area (Å²) in [5, 5.41) is 5.20. The highest BCUT2D eigenvalue weighted by molar-refractivity contribution is 6.30. The molecule has 0 saturated carbocycles. The fourth-order valence-electron chi connectivity index (χ4n) is 2.46. The summed E-state index contributed by atoms with van der Waals surface area (Å²) in [6, 6.07) is 21.7. The summed E-state index contributed by atoms with van der Waals surface area (Å²) < 4.78 is 11.3. The van der Waals surface area contributed by atoms with Gasteiger partial charge in [0.05, 0.1) is 6.21 Å². The molecule has 30 heavy (non-hydrogen) atoms. The third-order valence-electron chi connectivity index (χ3n) is 4.07. The summed E-state index contributed by atoms with van der Waals surface area (Å²) in [7, 11) is 0. The summed E-state index contributed by atoms with van der Waals surface area (Å²) in [6.45, 7) is 2.09. The molecule has 0 heterocycles. The number of ether oxygens (including phenoxy) is 2. The van der Waals surface area contributed by atoms with E-state index in [-0.39, 0.29) is 5.91 Å². The van der Waals surface area contributed by atoms with Gasteiger partial charge in [-0.15, -0.1) is 0 Å². The summed E-state index contributed by atoms with van der Waals surface area (Å²) in [4.78, 5) is 12.1. The monoisotopic (exact) mass is 442 g/mol. The zero-order valence-electron chi connectivity index (χ0n) is 16.2. The van der Waals surface area contributed by atoms with Crippen LogP contribution in [0, 0.1) is 0 Å². The van der Waals surface area contributed by atoms with Crippen molar-refractivity contribution in [3.63, 3.8) is 0 Å². The summed E-state index contributed by atoms with van der Waals surface area (Å²) >= 11 is 11.8. The molecule has 1 unspecified atom stereocenters. The zero-order chi connectivity index (χ0) is 21.3. The minimum Gasteiger partial charge on any atom is -0.489 e. The van der Waals surface area contributed by atoms with E-state index in [9.17, 15) is 4.79 Å². The quantitative estimate of drug-likeness (QED) is 0.370. The van der Waals surface area contributed by atoms with Crippen LogP contribution in [-0.2, 0) is 11.4 Å². The van der Waals surface area contributed by atoms with Crippen LogP contribution >= 0.6 is 23.2 Å². The predicted octanol–water partition coefficient (Wildman–Crippen LogP) is 5.49.